The summed E-state index contributed by atoms with van der Waals surface area (Å²) in [5.41, 5.74) is -2.47. The van der Waals surface area contributed by atoms with Gasteiger partial charge in [-0.3, -0.25) is 0 Å². The molecular formula is C13H17BF3O2. The molecule has 2 nitrogen and oxygen atoms in total. The Hall–Kier alpha value is -1.01. The molecule has 1 aromatic carbocycles. The van der Waals surface area contributed by atoms with Crippen LogP contribution in [0.3, 0.4) is 0 Å². The Morgan fingerprint density at radius 2 is 1.68 bits per heavy atom. The van der Waals surface area contributed by atoms with E-state index < -0.39 is 22.9 Å². The lowest BCUT2D eigenvalue weighted by Gasteiger charge is -2.37. The molecule has 6 heteroatoms. The maximum atomic E-state index is 12.5. The van der Waals surface area contributed by atoms with Crippen molar-refractivity contribution in [2.45, 2.75) is 45.1 Å². The second kappa shape index (κ2) is 5.17. The predicted molar refractivity (Wildman–Crippen MR) is 68.3 cm³/mol. The second-order valence-electron chi connectivity index (χ2n) is 5.43. The molecule has 1 N–H and O–H groups in total. The first-order valence-corrected chi connectivity index (χ1v) is 5.84. The summed E-state index contributed by atoms with van der Waals surface area (Å²) in [5, 5.41) is 9.88. The molecule has 0 aliphatic heterocycles. The highest BCUT2D eigenvalue weighted by atomic mass is 19.4. The van der Waals surface area contributed by atoms with E-state index in [0.29, 0.717) is 5.46 Å². The molecule has 1 radical (unpaired) electrons. The Balaban J connectivity index is 2.80. The Kier molecular flexibility index (Phi) is 4.37. The van der Waals surface area contributed by atoms with Gasteiger partial charge < -0.3 is 9.76 Å². The number of hydrogen-bond donors (Lipinski definition) is 1. The average molecular weight is 273 g/mol. The molecule has 0 heterocycles. The van der Waals surface area contributed by atoms with Gasteiger partial charge in [0.2, 0.25) is 0 Å². The molecule has 1 rings (SSSR count). The van der Waals surface area contributed by atoms with Gasteiger partial charge >= 0.3 is 13.7 Å². The normalized spacial score (nSPS) is 13.5. The van der Waals surface area contributed by atoms with Gasteiger partial charge in [-0.05, 0) is 27.7 Å². The van der Waals surface area contributed by atoms with Crippen LogP contribution in [-0.4, -0.2) is 23.8 Å². The van der Waals surface area contributed by atoms with E-state index in [1.807, 2.05) is 0 Å². The van der Waals surface area contributed by atoms with Gasteiger partial charge in [0.05, 0.1) is 16.8 Å². The third kappa shape index (κ3) is 4.25. The minimum atomic E-state index is -4.38. The van der Waals surface area contributed by atoms with Crippen molar-refractivity contribution >= 4 is 12.9 Å². The molecule has 0 bridgehead atoms. The van der Waals surface area contributed by atoms with Crippen LogP contribution < -0.4 is 5.46 Å². The molecule has 0 fully saturated rings. The summed E-state index contributed by atoms with van der Waals surface area (Å²) >= 11 is 0. The van der Waals surface area contributed by atoms with Gasteiger partial charge in [0, 0.05) is 0 Å². The molecule has 0 aliphatic carbocycles. The molecule has 0 aromatic heterocycles. The summed E-state index contributed by atoms with van der Waals surface area (Å²) in [7, 11) is 1.23. The number of alkyl halides is 3. The van der Waals surface area contributed by atoms with Crippen molar-refractivity contribution in [3.8, 4) is 0 Å². The molecule has 0 spiro atoms. The van der Waals surface area contributed by atoms with Gasteiger partial charge in [0.25, 0.3) is 0 Å². The lowest BCUT2D eigenvalue weighted by Crippen LogP contribution is -2.49. The minimum absolute atomic E-state index is 0.298. The standard InChI is InChI=1S/C13H17BF3O2/c1-11(2,18)12(3,4)19-14-10-7-5-6-9(8-10)13(15,16)17/h5-8,18H,1-4H3. The Bertz CT molecular complexity index is 436. The van der Waals surface area contributed by atoms with Crippen LogP contribution in [0, 0.1) is 0 Å². The van der Waals surface area contributed by atoms with Crippen molar-refractivity contribution in [1.29, 1.82) is 0 Å². The van der Waals surface area contributed by atoms with Crippen LogP contribution in [0.4, 0.5) is 13.2 Å². The van der Waals surface area contributed by atoms with Crippen LogP contribution in [-0.2, 0) is 10.8 Å². The number of aliphatic hydroxyl groups is 1. The molecule has 19 heavy (non-hydrogen) atoms. The van der Waals surface area contributed by atoms with E-state index in [1.54, 1.807) is 27.7 Å². The van der Waals surface area contributed by atoms with Gasteiger partial charge in [0.1, 0.15) is 0 Å². The van der Waals surface area contributed by atoms with Crippen LogP contribution in [0.25, 0.3) is 0 Å². The zero-order valence-corrected chi connectivity index (χ0v) is 11.4. The van der Waals surface area contributed by atoms with Gasteiger partial charge in [-0.15, -0.1) is 0 Å². The Morgan fingerprint density at radius 1 is 1.11 bits per heavy atom. The summed E-state index contributed by atoms with van der Waals surface area (Å²) < 4.78 is 43.0. The topological polar surface area (TPSA) is 29.5 Å². The van der Waals surface area contributed by atoms with Crippen molar-refractivity contribution in [2.75, 3.05) is 0 Å². The Morgan fingerprint density at radius 3 is 2.16 bits per heavy atom. The summed E-state index contributed by atoms with van der Waals surface area (Å²) in [4.78, 5) is 0. The summed E-state index contributed by atoms with van der Waals surface area (Å²) in [6, 6.07) is 4.82. The SMILES string of the molecule is CC(C)(O)C(C)(C)O[B]c1cccc(C(F)(F)F)c1. The molecular weight excluding hydrogens is 256 g/mol. The van der Waals surface area contributed by atoms with E-state index >= 15 is 0 Å². The fourth-order valence-electron chi connectivity index (χ4n) is 1.15. The highest BCUT2D eigenvalue weighted by Crippen LogP contribution is 2.28. The van der Waals surface area contributed by atoms with Gasteiger partial charge in [0.15, 0.2) is 0 Å². The number of halogens is 3. The first kappa shape index (κ1) is 16.1. The van der Waals surface area contributed by atoms with Crippen LogP contribution in [0.1, 0.15) is 33.3 Å². The third-order valence-electron chi connectivity index (χ3n) is 3.18. The lowest BCUT2D eigenvalue weighted by molar-refractivity contribution is -0.137. The van der Waals surface area contributed by atoms with Crippen molar-refractivity contribution in [3.05, 3.63) is 29.8 Å². The molecule has 0 saturated carbocycles. The van der Waals surface area contributed by atoms with Crippen LogP contribution in [0.2, 0.25) is 0 Å². The predicted octanol–water partition coefficient (Wildman–Crippen LogP) is 2.52. The van der Waals surface area contributed by atoms with Crippen molar-refractivity contribution in [2.24, 2.45) is 0 Å². The summed E-state index contributed by atoms with van der Waals surface area (Å²) in [6.45, 7) is 6.48. The molecule has 0 unspecified atom stereocenters. The number of rotatable bonds is 4. The van der Waals surface area contributed by atoms with E-state index in [-0.39, 0.29) is 0 Å². The number of hydrogen-bond acceptors (Lipinski definition) is 2. The van der Waals surface area contributed by atoms with Crippen LogP contribution in [0.5, 0.6) is 0 Å². The maximum absolute atomic E-state index is 12.5. The van der Waals surface area contributed by atoms with E-state index in [0.717, 1.165) is 12.1 Å². The lowest BCUT2D eigenvalue weighted by atomic mass is 9.82. The highest BCUT2D eigenvalue weighted by Gasteiger charge is 2.36. The summed E-state index contributed by atoms with van der Waals surface area (Å²) in [5.74, 6) is 0. The van der Waals surface area contributed by atoms with Gasteiger partial charge in [-0.25, -0.2) is 0 Å². The van der Waals surface area contributed by atoms with E-state index in [4.69, 9.17) is 4.65 Å². The average Bonchev–Trinajstić information content (AvgIpc) is 2.24. The van der Waals surface area contributed by atoms with Gasteiger partial charge in [-0.1, -0.05) is 29.7 Å². The van der Waals surface area contributed by atoms with Gasteiger partial charge in [-0.2, -0.15) is 13.2 Å². The van der Waals surface area contributed by atoms with Crippen molar-refractivity contribution < 1.29 is 22.9 Å². The highest BCUT2D eigenvalue weighted by molar-refractivity contribution is 6.47. The zero-order valence-electron chi connectivity index (χ0n) is 11.4. The first-order chi connectivity index (χ1) is 8.43. The molecule has 0 amide bonds. The first-order valence-electron chi connectivity index (χ1n) is 5.84. The molecule has 105 valence electrons. The molecule has 0 atom stereocenters. The second-order valence-corrected chi connectivity index (χ2v) is 5.43. The van der Waals surface area contributed by atoms with E-state index in [1.165, 1.54) is 19.6 Å². The van der Waals surface area contributed by atoms with Crippen LogP contribution >= 0.6 is 0 Å². The van der Waals surface area contributed by atoms with E-state index in [9.17, 15) is 18.3 Å². The quantitative estimate of drug-likeness (QED) is 0.854. The monoisotopic (exact) mass is 273 g/mol. The smallest absolute Gasteiger partial charge is 0.416 e. The fraction of sp³-hybridized carbons (Fsp3) is 0.538. The third-order valence-corrected chi connectivity index (χ3v) is 3.18. The molecule has 0 aliphatic rings. The summed E-state index contributed by atoms with van der Waals surface area (Å²) in [6.07, 6.45) is -4.38. The minimum Gasteiger partial charge on any atom is -0.427 e. The van der Waals surface area contributed by atoms with Crippen molar-refractivity contribution in [1.82, 2.24) is 0 Å². The molecule has 1 aromatic rings. The van der Waals surface area contributed by atoms with E-state index in [2.05, 4.69) is 0 Å². The van der Waals surface area contributed by atoms with Crippen molar-refractivity contribution in [3.63, 3.8) is 0 Å². The van der Waals surface area contributed by atoms with Crippen LogP contribution in [0.15, 0.2) is 24.3 Å². The zero-order chi connectivity index (χ0) is 14.9. The Labute approximate surface area is 111 Å². The maximum Gasteiger partial charge on any atom is 0.416 e. The fourth-order valence-corrected chi connectivity index (χ4v) is 1.15. The number of benzene rings is 1. The molecule has 0 saturated heterocycles. The largest absolute Gasteiger partial charge is 0.427 e.